The zero-order valence-corrected chi connectivity index (χ0v) is 13.8. The molecule has 0 bridgehead atoms. The molecule has 126 valence electrons. The van der Waals surface area contributed by atoms with E-state index < -0.39 is 11.8 Å². The van der Waals surface area contributed by atoms with Gasteiger partial charge in [-0.2, -0.15) is 0 Å². The van der Waals surface area contributed by atoms with E-state index in [4.69, 9.17) is 4.74 Å². The molecule has 0 atom stereocenters. The van der Waals surface area contributed by atoms with Gasteiger partial charge in [-0.1, -0.05) is 30.3 Å². The van der Waals surface area contributed by atoms with Gasteiger partial charge in [0, 0.05) is 6.54 Å². The Bertz CT molecular complexity index is 743. The van der Waals surface area contributed by atoms with Gasteiger partial charge < -0.3 is 10.1 Å². The van der Waals surface area contributed by atoms with E-state index in [1.807, 2.05) is 31.2 Å². The Morgan fingerprint density at radius 1 is 1.08 bits per heavy atom. The molecule has 0 aliphatic heterocycles. The Balaban J connectivity index is 1.75. The molecule has 0 spiro atoms. The summed E-state index contributed by atoms with van der Waals surface area (Å²) in [6, 6.07) is 12.0. The molecule has 0 unspecified atom stereocenters. The van der Waals surface area contributed by atoms with Gasteiger partial charge in [0.1, 0.15) is 5.82 Å². The van der Waals surface area contributed by atoms with Crippen molar-refractivity contribution >= 4 is 11.9 Å². The number of rotatable bonds is 6. The molecule has 2 aromatic rings. The van der Waals surface area contributed by atoms with E-state index >= 15 is 0 Å². The van der Waals surface area contributed by atoms with E-state index in [-0.39, 0.29) is 18.1 Å². The molecule has 0 aliphatic rings. The highest BCUT2D eigenvalue weighted by Crippen LogP contribution is 2.10. The fourth-order valence-corrected chi connectivity index (χ4v) is 2.21. The highest BCUT2D eigenvalue weighted by Gasteiger charge is 2.11. The number of hydrogen-bond donors (Lipinski definition) is 1. The highest BCUT2D eigenvalue weighted by atomic mass is 19.1. The van der Waals surface area contributed by atoms with Gasteiger partial charge in [0.05, 0.1) is 5.56 Å². The number of halogens is 1. The van der Waals surface area contributed by atoms with Crippen molar-refractivity contribution in [2.24, 2.45) is 0 Å². The minimum atomic E-state index is -0.719. The monoisotopic (exact) mass is 329 g/mol. The maximum Gasteiger partial charge on any atom is 0.338 e. The van der Waals surface area contributed by atoms with Gasteiger partial charge in [-0.05, 0) is 49.1 Å². The Kier molecular flexibility index (Phi) is 6.07. The zero-order valence-electron chi connectivity index (χ0n) is 13.8. The number of carbonyl (C=O) groups excluding carboxylic acids is 2. The molecular formula is C19H20FNO3. The molecular weight excluding hydrogens is 309 g/mol. The zero-order chi connectivity index (χ0) is 17.5. The number of amides is 1. The van der Waals surface area contributed by atoms with Crippen LogP contribution in [0.4, 0.5) is 4.39 Å². The number of hydrogen-bond acceptors (Lipinski definition) is 3. The minimum Gasteiger partial charge on any atom is -0.452 e. The summed E-state index contributed by atoms with van der Waals surface area (Å²) in [6.07, 6.45) is 0.704. The van der Waals surface area contributed by atoms with Gasteiger partial charge in [-0.3, -0.25) is 4.79 Å². The largest absolute Gasteiger partial charge is 0.452 e. The molecule has 0 radical (unpaired) electrons. The Morgan fingerprint density at radius 3 is 2.54 bits per heavy atom. The molecule has 2 aromatic carbocycles. The first-order valence-corrected chi connectivity index (χ1v) is 7.72. The highest BCUT2D eigenvalue weighted by molar-refractivity contribution is 5.91. The molecule has 0 fully saturated rings. The van der Waals surface area contributed by atoms with Gasteiger partial charge in [-0.25, -0.2) is 9.18 Å². The van der Waals surface area contributed by atoms with Crippen molar-refractivity contribution in [3.05, 3.63) is 70.5 Å². The molecule has 0 saturated heterocycles. The van der Waals surface area contributed by atoms with Crippen molar-refractivity contribution in [3.63, 3.8) is 0 Å². The third kappa shape index (κ3) is 4.91. The normalized spacial score (nSPS) is 10.3. The molecule has 0 heterocycles. The number of benzene rings is 2. The molecule has 0 saturated carbocycles. The quantitative estimate of drug-likeness (QED) is 0.829. The second kappa shape index (κ2) is 8.24. The van der Waals surface area contributed by atoms with Crippen LogP contribution in [0.25, 0.3) is 0 Å². The van der Waals surface area contributed by atoms with E-state index in [1.165, 1.54) is 17.7 Å². The van der Waals surface area contributed by atoms with Crippen LogP contribution >= 0.6 is 0 Å². The molecule has 1 N–H and O–H groups in total. The average Bonchev–Trinajstić information content (AvgIpc) is 2.57. The van der Waals surface area contributed by atoms with Gasteiger partial charge in [-0.15, -0.1) is 0 Å². The number of esters is 1. The summed E-state index contributed by atoms with van der Waals surface area (Å²) in [6.45, 7) is 3.69. The molecule has 1 amide bonds. The molecule has 2 rings (SSSR count). The lowest BCUT2D eigenvalue weighted by Gasteiger charge is -2.08. The van der Waals surface area contributed by atoms with Crippen molar-refractivity contribution in [1.29, 1.82) is 0 Å². The fraction of sp³-hybridized carbons (Fsp3) is 0.263. The molecule has 4 nitrogen and oxygen atoms in total. The number of aryl methyl sites for hydroxylation is 2. The number of carbonyl (C=O) groups is 2. The molecule has 5 heteroatoms. The van der Waals surface area contributed by atoms with E-state index in [2.05, 4.69) is 5.32 Å². The fourth-order valence-electron chi connectivity index (χ4n) is 2.21. The van der Waals surface area contributed by atoms with Crippen molar-refractivity contribution in [3.8, 4) is 0 Å². The summed E-state index contributed by atoms with van der Waals surface area (Å²) >= 11 is 0. The lowest BCUT2D eigenvalue weighted by Crippen LogP contribution is -2.30. The standard InChI is InChI=1S/C19H20FNO3/c1-13-5-3-4-6-15(13)9-10-21-18(22)12-24-19(23)16-8-7-14(2)17(20)11-16/h3-8,11H,9-10,12H2,1-2H3,(H,21,22). The van der Waals surface area contributed by atoms with Crippen LogP contribution in [-0.4, -0.2) is 25.0 Å². The molecule has 0 aliphatic carbocycles. The Labute approximate surface area is 140 Å². The van der Waals surface area contributed by atoms with Crippen molar-refractivity contribution in [2.45, 2.75) is 20.3 Å². The van der Waals surface area contributed by atoms with Crippen LogP contribution in [0.2, 0.25) is 0 Å². The van der Waals surface area contributed by atoms with Gasteiger partial charge in [0.15, 0.2) is 6.61 Å². The van der Waals surface area contributed by atoms with Crippen molar-refractivity contribution in [1.82, 2.24) is 5.32 Å². The summed E-state index contributed by atoms with van der Waals surface area (Å²) < 4.78 is 18.3. The first kappa shape index (κ1) is 17.7. The second-order valence-electron chi connectivity index (χ2n) is 5.57. The van der Waals surface area contributed by atoms with Crippen LogP contribution < -0.4 is 5.32 Å². The maximum atomic E-state index is 13.4. The first-order chi connectivity index (χ1) is 11.5. The van der Waals surface area contributed by atoms with Crippen LogP contribution in [0.1, 0.15) is 27.0 Å². The first-order valence-electron chi connectivity index (χ1n) is 7.72. The third-order valence-electron chi connectivity index (χ3n) is 3.72. The SMILES string of the molecule is Cc1ccc(C(=O)OCC(=O)NCCc2ccccc2C)cc1F. The second-order valence-corrected chi connectivity index (χ2v) is 5.57. The number of nitrogens with one attached hydrogen (secondary N) is 1. The third-order valence-corrected chi connectivity index (χ3v) is 3.72. The topological polar surface area (TPSA) is 55.4 Å². The van der Waals surface area contributed by atoms with Crippen LogP contribution in [0.15, 0.2) is 42.5 Å². The summed E-state index contributed by atoms with van der Waals surface area (Å²) in [5.41, 5.74) is 2.86. The Hall–Kier alpha value is -2.69. The van der Waals surface area contributed by atoms with Crippen molar-refractivity contribution < 1.29 is 18.7 Å². The van der Waals surface area contributed by atoms with Crippen molar-refractivity contribution in [2.75, 3.05) is 13.2 Å². The van der Waals surface area contributed by atoms with E-state index in [9.17, 15) is 14.0 Å². The lowest BCUT2D eigenvalue weighted by atomic mass is 10.1. The van der Waals surface area contributed by atoms with Crippen LogP contribution in [0.3, 0.4) is 0 Å². The van der Waals surface area contributed by atoms with Crippen LogP contribution in [-0.2, 0) is 16.0 Å². The lowest BCUT2D eigenvalue weighted by molar-refractivity contribution is -0.124. The minimum absolute atomic E-state index is 0.0887. The predicted molar refractivity (Wildman–Crippen MR) is 89.3 cm³/mol. The summed E-state index contributed by atoms with van der Waals surface area (Å²) in [5.74, 6) is -1.58. The van der Waals surface area contributed by atoms with Gasteiger partial charge in [0.25, 0.3) is 5.91 Å². The summed E-state index contributed by atoms with van der Waals surface area (Å²) in [4.78, 5) is 23.5. The van der Waals surface area contributed by atoms with E-state index in [0.717, 1.165) is 11.6 Å². The molecule has 0 aromatic heterocycles. The number of ether oxygens (including phenoxy) is 1. The summed E-state index contributed by atoms with van der Waals surface area (Å²) in [7, 11) is 0. The van der Waals surface area contributed by atoms with E-state index in [0.29, 0.717) is 18.5 Å². The Morgan fingerprint density at radius 2 is 1.83 bits per heavy atom. The van der Waals surface area contributed by atoms with Crippen LogP contribution in [0, 0.1) is 19.7 Å². The van der Waals surface area contributed by atoms with Gasteiger partial charge in [0.2, 0.25) is 0 Å². The van der Waals surface area contributed by atoms with Gasteiger partial charge >= 0.3 is 5.97 Å². The maximum absolute atomic E-state index is 13.4. The smallest absolute Gasteiger partial charge is 0.338 e. The van der Waals surface area contributed by atoms with E-state index in [1.54, 1.807) is 6.92 Å². The average molecular weight is 329 g/mol. The molecule has 24 heavy (non-hydrogen) atoms. The predicted octanol–water partition coefficient (Wildman–Crippen LogP) is 2.96. The summed E-state index contributed by atoms with van der Waals surface area (Å²) in [5, 5.41) is 2.70. The van der Waals surface area contributed by atoms with Crippen LogP contribution in [0.5, 0.6) is 0 Å².